The fourth-order valence-corrected chi connectivity index (χ4v) is 2.04. The Bertz CT molecular complexity index is 587. The number of para-hydroxylation sites is 1. The number of hydrogen-bond acceptors (Lipinski definition) is 3. The van der Waals surface area contributed by atoms with Gasteiger partial charge in [0.15, 0.2) is 0 Å². The highest BCUT2D eigenvalue weighted by atomic mass is 19.1. The minimum atomic E-state index is -0.286. The monoisotopic (exact) mass is 289 g/mol. The molecule has 0 bridgehead atoms. The molecule has 4 heteroatoms. The maximum Gasteiger partial charge on any atom is 0.132 e. The Morgan fingerprint density at radius 1 is 1.10 bits per heavy atom. The number of nitrogens with one attached hydrogen (secondary N) is 1. The largest absolute Gasteiger partial charge is 0.457 e. The van der Waals surface area contributed by atoms with Crippen LogP contribution in [-0.4, -0.2) is 11.7 Å². The van der Waals surface area contributed by atoms with Gasteiger partial charge >= 0.3 is 0 Å². The lowest BCUT2D eigenvalue weighted by molar-refractivity contribution is 0.276. The van der Waals surface area contributed by atoms with Gasteiger partial charge < -0.3 is 15.2 Å². The second kappa shape index (κ2) is 7.76. The van der Waals surface area contributed by atoms with E-state index in [0.717, 1.165) is 18.5 Å². The molecule has 0 heterocycles. The van der Waals surface area contributed by atoms with Crippen LogP contribution in [0.25, 0.3) is 0 Å². The predicted octanol–water partition coefficient (Wildman–Crippen LogP) is 3.61. The zero-order valence-corrected chi connectivity index (χ0v) is 12.1. The molecule has 0 spiro atoms. The molecule has 21 heavy (non-hydrogen) atoms. The van der Waals surface area contributed by atoms with Crippen LogP contribution in [0, 0.1) is 5.82 Å². The molecule has 0 saturated heterocycles. The van der Waals surface area contributed by atoms with Crippen LogP contribution in [0.2, 0.25) is 0 Å². The van der Waals surface area contributed by atoms with Crippen molar-refractivity contribution in [2.45, 2.75) is 26.5 Å². The minimum Gasteiger partial charge on any atom is -0.457 e. The van der Waals surface area contributed by atoms with Crippen molar-refractivity contribution in [1.82, 2.24) is 5.32 Å². The van der Waals surface area contributed by atoms with Gasteiger partial charge in [-0.2, -0.15) is 0 Å². The van der Waals surface area contributed by atoms with Gasteiger partial charge in [0.25, 0.3) is 0 Å². The lowest BCUT2D eigenvalue weighted by atomic mass is 10.1. The van der Waals surface area contributed by atoms with Gasteiger partial charge in [0.2, 0.25) is 0 Å². The van der Waals surface area contributed by atoms with Crippen LogP contribution in [0.4, 0.5) is 4.39 Å². The van der Waals surface area contributed by atoms with Crippen LogP contribution in [0.1, 0.15) is 24.5 Å². The van der Waals surface area contributed by atoms with Crippen molar-refractivity contribution in [3.05, 3.63) is 59.4 Å². The van der Waals surface area contributed by atoms with Crippen LogP contribution in [0.3, 0.4) is 0 Å². The smallest absolute Gasteiger partial charge is 0.132 e. The molecule has 0 amide bonds. The summed E-state index contributed by atoms with van der Waals surface area (Å²) in [4.78, 5) is 0. The predicted molar refractivity (Wildman–Crippen MR) is 80.8 cm³/mol. The van der Waals surface area contributed by atoms with Crippen molar-refractivity contribution in [1.29, 1.82) is 0 Å². The molecule has 2 N–H and O–H groups in total. The first-order valence-corrected chi connectivity index (χ1v) is 7.10. The fraction of sp³-hybridized carbons (Fsp3) is 0.294. The van der Waals surface area contributed by atoms with Gasteiger partial charge in [0, 0.05) is 17.7 Å². The molecule has 0 atom stereocenters. The van der Waals surface area contributed by atoms with E-state index in [1.54, 1.807) is 18.2 Å². The van der Waals surface area contributed by atoms with E-state index in [1.165, 1.54) is 12.1 Å². The van der Waals surface area contributed by atoms with E-state index in [9.17, 15) is 9.50 Å². The van der Waals surface area contributed by atoms with Gasteiger partial charge in [-0.1, -0.05) is 25.1 Å². The second-order valence-corrected chi connectivity index (χ2v) is 4.80. The van der Waals surface area contributed by atoms with Crippen molar-refractivity contribution in [2.75, 3.05) is 6.54 Å². The van der Waals surface area contributed by atoms with E-state index >= 15 is 0 Å². The summed E-state index contributed by atoms with van der Waals surface area (Å²) in [5, 5.41) is 12.6. The Hall–Kier alpha value is -1.91. The second-order valence-electron chi connectivity index (χ2n) is 4.80. The van der Waals surface area contributed by atoms with Gasteiger partial charge in [-0.05, 0) is 37.2 Å². The van der Waals surface area contributed by atoms with E-state index in [2.05, 4.69) is 12.2 Å². The maximum absolute atomic E-state index is 13.4. The molecule has 3 nitrogen and oxygen atoms in total. The topological polar surface area (TPSA) is 41.5 Å². The third kappa shape index (κ3) is 4.28. The number of halogens is 1. The SMILES string of the molecule is CCCNCc1cc(F)ccc1Oc1ccccc1CO. The third-order valence-corrected chi connectivity index (χ3v) is 3.13. The number of rotatable bonds is 7. The first-order valence-electron chi connectivity index (χ1n) is 7.10. The van der Waals surface area contributed by atoms with E-state index in [1.807, 2.05) is 12.1 Å². The molecule has 0 aliphatic heterocycles. The number of ether oxygens (including phenoxy) is 1. The van der Waals surface area contributed by atoms with Crippen LogP contribution >= 0.6 is 0 Å². The molecule has 0 radical (unpaired) electrons. The third-order valence-electron chi connectivity index (χ3n) is 3.13. The van der Waals surface area contributed by atoms with Gasteiger partial charge in [-0.3, -0.25) is 0 Å². The summed E-state index contributed by atoms with van der Waals surface area (Å²) in [6.07, 6.45) is 1.01. The number of benzene rings is 2. The molecular formula is C17H20FNO2. The van der Waals surface area contributed by atoms with E-state index in [0.29, 0.717) is 23.6 Å². The lowest BCUT2D eigenvalue weighted by Crippen LogP contribution is -2.14. The first kappa shape index (κ1) is 15.5. The Labute approximate surface area is 124 Å². The Kier molecular flexibility index (Phi) is 5.72. The Morgan fingerprint density at radius 2 is 1.86 bits per heavy atom. The van der Waals surface area contributed by atoms with E-state index in [-0.39, 0.29) is 12.4 Å². The highest BCUT2D eigenvalue weighted by molar-refractivity contribution is 5.41. The zero-order chi connectivity index (χ0) is 15.1. The van der Waals surface area contributed by atoms with Gasteiger partial charge in [-0.25, -0.2) is 4.39 Å². The average Bonchev–Trinajstić information content (AvgIpc) is 2.50. The molecule has 0 fully saturated rings. The molecular weight excluding hydrogens is 269 g/mol. The van der Waals surface area contributed by atoms with Crippen molar-refractivity contribution in [2.24, 2.45) is 0 Å². The maximum atomic E-state index is 13.4. The highest BCUT2D eigenvalue weighted by Gasteiger charge is 2.09. The van der Waals surface area contributed by atoms with Crippen molar-refractivity contribution in [3.63, 3.8) is 0 Å². The molecule has 0 unspecified atom stereocenters. The quantitative estimate of drug-likeness (QED) is 0.765. The molecule has 112 valence electrons. The summed E-state index contributed by atoms with van der Waals surface area (Å²) in [5.74, 6) is 0.898. The number of aliphatic hydroxyl groups is 1. The van der Waals surface area contributed by atoms with Crippen LogP contribution in [-0.2, 0) is 13.2 Å². The first-order chi connectivity index (χ1) is 10.2. The standard InChI is InChI=1S/C17H20FNO2/c1-2-9-19-11-14-10-15(18)7-8-17(14)21-16-6-4-3-5-13(16)12-20/h3-8,10,19-20H,2,9,11-12H2,1H3. The Morgan fingerprint density at radius 3 is 2.62 bits per heavy atom. The normalized spacial score (nSPS) is 10.6. The molecule has 2 aromatic rings. The number of aliphatic hydroxyl groups excluding tert-OH is 1. The average molecular weight is 289 g/mol. The molecule has 2 aromatic carbocycles. The molecule has 0 aromatic heterocycles. The minimum absolute atomic E-state index is 0.0964. The van der Waals surface area contributed by atoms with Crippen molar-refractivity contribution < 1.29 is 14.2 Å². The molecule has 0 aliphatic carbocycles. The van der Waals surface area contributed by atoms with Gasteiger partial charge in [0.1, 0.15) is 17.3 Å². The summed E-state index contributed by atoms with van der Waals surface area (Å²) in [7, 11) is 0. The van der Waals surface area contributed by atoms with Crippen LogP contribution in [0.15, 0.2) is 42.5 Å². The van der Waals surface area contributed by atoms with Crippen LogP contribution in [0.5, 0.6) is 11.5 Å². The highest BCUT2D eigenvalue weighted by Crippen LogP contribution is 2.28. The summed E-state index contributed by atoms with van der Waals surface area (Å²) in [5.41, 5.74) is 1.46. The summed E-state index contributed by atoms with van der Waals surface area (Å²) in [6, 6.07) is 11.7. The van der Waals surface area contributed by atoms with Crippen LogP contribution < -0.4 is 10.1 Å². The molecule has 2 rings (SSSR count). The van der Waals surface area contributed by atoms with Crippen molar-refractivity contribution in [3.8, 4) is 11.5 Å². The summed E-state index contributed by atoms with van der Waals surface area (Å²) < 4.78 is 19.3. The van der Waals surface area contributed by atoms with E-state index < -0.39 is 0 Å². The zero-order valence-electron chi connectivity index (χ0n) is 12.1. The Balaban J connectivity index is 2.22. The fourth-order valence-electron chi connectivity index (χ4n) is 2.04. The van der Waals surface area contributed by atoms with Crippen molar-refractivity contribution >= 4 is 0 Å². The van der Waals surface area contributed by atoms with Gasteiger partial charge in [0.05, 0.1) is 6.61 Å². The number of hydrogen-bond donors (Lipinski definition) is 2. The lowest BCUT2D eigenvalue weighted by Gasteiger charge is -2.14. The van der Waals surface area contributed by atoms with E-state index in [4.69, 9.17) is 4.74 Å². The molecule has 0 saturated carbocycles. The summed E-state index contributed by atoms with van der Waals surface area (Å²) >= 11 is 0. The van der Waals surface area contributed by atoms with Gasteiger partial charge in [-0.15, -0.1) is 0 Å². The summed E-state index contributed by atoms with van der Waals surface area (Å²) in [6.45, 7) is 3.39. The molecule has 0 aliphatic rings.